The van der Waals surface area contributed by atoms with Crippen molar-refractivity contribution >= 4 is 21.6 Å². The van der Waals surface area contributed by atoms with Crippen molar-refractivity contribution in [3.8, 4) is 5.75 Å². The lowest BCUT2D eigenvalue weighted by atomic mass is 10.2. The summed E-state index contributed by atoms with van der Waals surface area (Å²) >= 11 is 0. The summed E-state index contributed by atoms with van der Waals surface area (Å²) < 4.78 is 36.6. The fourth-order valence-corrected chi connectivity index (χ4v) is 4.23. The Labute approximate surface area is 161 Å². The molecule has 1 heterocycles. The van der Waals surface area contributed by atoms with Crippen LogP contribution in [0.5, 0.6) is 5.75 Å². The number of ether oxygens (including phenoxy) is 2. The number of carbonyl (C=O) groups excluding carboxylic acids is 1. The van der Waals surface area contributed by atoms with Crippen molar-refractivity contribution in [2.24, 2.45) is 0 Å². The van der Waals surface area contributed by atoms with Crippen LogP contribution in [0.15, 0.2) is 18.2 Å². The van der Waals surface area contributed by atoms with Gasteiger partial charge in [-0.25, -0.2) is 8.42 Å². The summed E-state index contributed by atoms with van der Waals surface area (Å²) in [4.78, 5) is 14.8. The third-order valence-electron chi connectivity index (χ3n) is 4.49. The summed E-state index contributed by atoms with van der Waals surface area (Å²) in [6, 6.07) is 4.33. The largest absolute Gasteiger partial charge is 0.495 e. The van der Waals surface area contributed by atoms with Crippen molar-refractivity contribution in [1.29, 1.82) is 0 Å². The molecule has 1 saturated heterocycles. The van der Waals surface area contributed by atoms with Crippen molar-refractivity contribution in [1.82, 2.24) is 10.2 Å². The lowest BCUT2D eigenvalue weighted by molar-refractivity contribution is -0.121. The molecule has 27 heavy (non-hydrogen) atoms. The van der Waals surface area contributed by atoms with Crippen LogP contribution < -0.4 is 14.4 Å². The molecule has 1 atom stereocenters. The van der Waals surface area contributed by atoms with Crippen LogP contribution >= 0.6 is 0 Å². The number of morpholine rings is 1. The molecule has 1 aliphatic rings. The first-order valence-electron chi connectivity index (χ1n) is 8.96. The van der Waals surface area contributed by atoms with E-state index in [2.05, 4.69) is 10.2 Å². The minimum atomic E-state index is -3.69. The molecule has 0 unspecified atom stereocenters. The molecule has 0 aliphatic carbocycles. The second-order valence-corrected chi connectivity index (χ2v) is 8.51. The highest BCUT2D eigenvalue weighted by molar-refractivity contribution is 7.92. The standard InChI is InChI=1S/C18H29N3O5S/c1-14-5-6-17(25-3)16(13-14)21(27(4,23)24)15(2)18(22)19-7-8-20-9-11-26-12-10-20/h5-6,13,15H,7-12H2,1-4H3,(H,19,22)/t15-/m0/s1. The Bertz CT molecular complexity index is 747. The lowest BCUT2D eigenvalue weighted by Gasteiger charge is -2.30. The molecule has 0 bridgehead atoms. The molecule has 152 valence electrons. The second-order valence-electron chi connectivity index (χ2n) is 6.66. The van der Waals surface area contributed by atoms with Gasteiger partial charge in [-0.2, -0.15) is 0 Å². The molecule has 1 aromatic rings. The van der Waals surface area contributed by atoms with Gasteiger partial charge in [0, 0.05) is 26.2 Å². The Morgan fingerprint density at radius 3 is 2.63 bits per heavy atom. The summed E-state index contributed by atoms with van der Waals surface area (Å²) in [5, 5.41) is 2.84. The fraction of sp³-hybridized carbons (Fsp3) is 0.611. The minimum Gasteiger partial charge on any atom is -0.495 e. The highest BCUT2D eigenvalue weighted by Crippen LogP contribution is 2.32. The number of hydrogen-bond acceptors (Lipinski definition) is 6. The number of sulfonamides is 1. The van der Waals surface area contributed by atoms with Gasteiger partial charge >= 0.3 is 0 Å². The third-order valence-corrected chi connectivity index (χ3v) is 5.72. The monoisotopic (exact) mass is 399 g/mol. The van der Waals surface area contributed by atoms with Gasteiger partial charge in [0.25, 0.3) is 0 Å². The zero-order valence-electron chi connectivity index (χ0n) is 16.4. The van der Waals surface area contributed by atoms with Crippen LogP contribution in [0.25, 0.3) is 0 Å². The van der Waals surface area contributed by atoms with E-state index in [9.17, 15) is 13.2 Å². The summed E-state index contributed by atoms with van der Waals surface area (Å²) in [5.41, 5.74) is 1.23. The maximum absolute atomic E-state index is 12.6. The Kier molecular flexibility index (Phi) is 7.46. The van der Waals surface area contributed by atoms with Crippen molar-refractivity contribution < 1.29 is 22.7 Å². The Morgan fingerprint density at radius 1 is 1.37 bits per heavy atom. The van der Waals surface area contributed by atoms with Crippen molar-refractivity contribution in [2.75, 3.05) is 57.1 Å². The molecule has 0 aromatic heterocycles. The normalized spacial score (nSPS) is 16.6. The maximum atomic E-state index is 12.6. The molecule has 1 aliphatic heterocycles. The molecule has 1 amide bonds. The highest BCUT2D eigenvalue weighted by atomic mass is 32.2. The number of amides is 1. The number of aryl methyl sites for hydroxylation is 1. The molecule has 8 nitrogen and oxygen atoms in total. The van der Waals surface area contributed by atoms with Crippen LogP contribution in [0.3, 0.4) is 0 Å². The quantitative estimate of drug-likeness (QED) is 0.689. The smallest absolute Gasteiger partial charge is 0.243 e. The van der Waals surface area contributed by atoms with E-state index in [0.29, 0.717) is 37.7 Å². The number of methoxy groups -OCH3 is 1. The summed E-state index contributed by atoms with van der Waals surface area (Å²) in [7, 11) is -2.22. The Morgan fingerprint density at radius 2 is 2.04 bits per heavy atom. The van der Waals surface area contributed by atoms with Crippen LogP contribution in [0.4, 0.5) is 5.69 Å². The van der Waals surface area contributed by atoms with Crippen LogP contribution in [0.1, 0.15) is 12.5 Å². The van der Waals surface area contributed by atoms with Gasteiger partial charge in [-0.3, -0.25) is 14.0 Å². The van der Waals surface area contributed by atoms with Gasteiger partial charge in [0.15, 0.2) is 0 Å². The topological polar surface area (TPSA) is 88.2 Å². The molecule has 2 rings (SSSR count). The molecule has 1 aromatic carbocycles. The van der Waals surface area contributed by atoms with E-state index in [1.807, 2.05) is 13.0 Å². The number of nitrogens with zero attached hydrogens (tertiary/aromatic N) is 2. The van der Waals surface area contributed by atoms with E-state index in [4.69, 9.17) is 9.47 Å². The van der Waals surface area contributed by atoms with Gasteiger partial charge < -0.3 is 14.8 Å². The first-order valence-corrected chi connectivity index (χ1v) is 10.8. The van der Waals surface area contributed by atoms with Crippen LogP contribution in [0, 0.1) is 6.92 Å². The minimum absolute atomic E-state index is 0.350. The van der Waals surface area contributed by atoms with Crippen LogP contribution in [-0.4, -0.2) is 78.0 Å². The molecule has 0 spiro atoms. The van der Waals surface area contributed by atoms with E-state index in [1.165, 1.54) is 7.11 Å². The number of benzene rings is 1. The fourth-order valence-electron chi connectivity index (χ4n) is 3.06. The molecule has 0 radical (unpaired) electrons. The Hall–Kier alpha value is -1.84. The van der Waals surface area contributed by atoms with E-state index >= 15 is 0 Å². The van der Waals surface area contributed by atoms with Crippen LogP contribution in [-0.2, 0) is 19.6 Å². The van der Waals surface area contributed by atoms with Crippen molar-refractivity contribution in [2.45, 2.75) is 19.9 Å². The molecule has 1 N–H and O–H groups in total. The van der Waals surface area contributed by atoms with Gasteiger partial charge in [0.2, 0.25) is 15.9 Å². The van der Waals surface area contributed by atoms with Gasteiger partial charge in [0.05, 0.1) is 32.3 Å². The van der Waals surface area contributed by atoms with E-state index < -0.39 is 16.1 Å². The zero-order valence-corrected chi connectivity index (χ0v) is 17.2. The SMILES string of the molecule is COc1ccc(C)cc1N([C@@H](C)C(=O)NCCN1CCOCC1)S(C)(=O)=O. The number of rotatable bonds is 8. The maximum Gasteiger partial charge on any atom is 0.243 e. The van der Waals surface area contributed by atoms with E-state index in [0.717, 1.165) is 29.2 Å². The summed E-state index contributed by atoms with van der Waals surface area (Å²) in [5.74, 6) is 0.0521. The first-order chi connectivity index (χ1) is 12.7. The average molecular weight is 400 g/mol. The van der Waals surface area contributed by atoms with E-state index in [1.54, 1.807) is 19.1 Å². The average Bonchev–Trinajstić information content (AvgIpc) is 2.61. The zero-order chi connectivity index (χ0) is 20.0. The predicted octanol–water partition coefficient (Wildman–Crippen LogP) is 0.607. The lowest BCUT2D eigenvalue weighted by Crippen LogP contribution is -2.49. The molecular formula is C18H29N3O5S. The van der Waals surface area contributed by atoms with Gasteiger partial charge in [-0.05, 0) is 31.5 Å². The summed E-state index contributed by atoms with van der Waals surface area (Å²) in [6.45, 7) is 7.64. The van der Waals surface area contributed by atoms with Crippen molar-refractivity contribution in [3.05, 3.63) is 23.8 Å². The number of carbonyl (C=O) groups is 1. The van der Waals surface area contributed by atoms with Crippen LogP contribution in [0.2, 0.25) is 0 Å². The highest BCUT2D eigenvalue weighted by Gasteiger charge is 2.31. The molecule has 0 saturated carbocycles. The number of anilines is 1. The third kappa shape index (κ3) is 5.82. The van der Waals surface area contributed by atoms with Gasteiger partial charge in [-0.1, -0.05) is 6.07 Å². The summed E-state index contributed by atoms with van der Waals surface area (Å²) in [6.07, 6.45) is 1.09. The van der Waals surface area contributed by atoms with Gasteiger partial charge in [-0.15, -0.1) is 0 Å². The van der Waals surface area contributed by atoms with Crippen molar-refractivity contribution in [3.63, 3.8) is 0 Å². The number of hydrogen-bond donors (Lipinski definition) is 1. The predicted molar refractivity (Wildman–Crippen MR) is 105 cm³/mol. The molecule has 9 heteroatoms. The first kappa shape index (κ1) is 21.5. The molecular weight excluding hydrogens is 370 g/mol. The van der Waals surface area contributed by atoms with Gasteiger partial charge in [0.1, 0.15) is 11.8 Å². The molecule has 1 fully saturated rings. The Balaban J connectivity index is 2.11. The van der Waals surface area contributed by atoms with E-state index in [-0.39, 0.29) is 5.91 Å². The number of nitrogens with one attached hydrogen (secondary N) is 1. The second kappa shape index (κ2) is 9.38.